The van der Waals surface area contributed by atoms with E-state index in [1.165, 1.54) is 36.4 Å². The molecule has 0 bridgehead atoms. The van der Waals surface area contributed by atoms with Gasteiger partial charge in [0.15, 0.2) is 0 Å². The monoisotopic (exact) mass is 266 g/mol. The SMILES string of the molecule is N#Cc1ccc(C(=O)Oc2ccc(C#N)c(F)c2)cc1. The van der Waals surface area contributed by atoms with Crippen molar-refractivity contribution in [3.8, 4) is 17.9 Å². The fourth-order valence-electron chi connectivity index (χ4n) is 1.50. The molecule has 4 nitrogen and oxygen atoms in total. The molecular formula is C15H7FN2O2. The Hall–Kier alpha value is -3.18. The van der Waals surface area contributed by atoms with Gasteiger partial charge >= 0.3 is 5.97 Å². The molecule has 0 spiro atoms. The van der Waals surface area contributed by atoms with Crippen molar-refractivity contribution < 1.29 is 13.9 Å². The van der Waals surface area contributed by atoms with Gasteiger partial charge < -0.3 is 4.74 Å². The Labute approximate surface area is 114 Å². The number of halogens is 1. The molecule has 2 aromatic rings. The molecule has 0 radical (unpaired) electrons. The number of benzene rings is 2. The Bertz CT molecular complexity index is 740. The van der Waals surface area contributed by atoms with E-state index in [-0.39, 0.29) is 16.9 Å². The molecule has 0 atom stereocenters. The van der Waals surface area contributed by atoms with E-state index < -0.39 is 11.8 Å². The van der Waals surface area contributed by atoms with Gasteiger partial charge in [0.2, 0.25) is 0 Å². The number of carbonyl (C=O) groups excluding carboxylic acids is 1. The summed E-state index contributed by atoms with van der Waals surface area (Å²) in [5.74, 6) is -1.41. The smallest absolute Gasteiger partial charge is 0.343 e. The summed E-state index contributed by atoms with van der Waals surface area (Å²) in [5, 5.41) is 17.2. The van der Waals surface area contributed by atoms with Crippen LogP contribution in [0.2, 0.25) is 0 Å². The quantitative estimate of drug-likeness (QED) is 0.618. The third-order valence-electron chi connectivity index (χ3n) is 2.52. The predicted octanol–water partition coefficient (Wildman–Crippen LogP) is 2.79. The third kappa shape index (κ3) is 2.80. The number of hydrogen-bond donors (Lipinski definition) is 0. The van der Waals surface area contributed by atoms with Crippen molar-refractivity contribution >= 4 is 5.97 Å². The molecule has 20 heavy (non-hydrogen) atoms. The van der Waals surface area contributed by atoms with Crippen LogP contribution in [0.5, 0.6) is 5.75 Å². The van der Waals surface area contributed by atoms with Crippen molar-refractivity contribution in [3.63, 3.8) is 0 Å². The van der Waals surface area contributed by atoms with Crippen LogP contribution in [0.25, 0.3) is 0 Å². The Kier molecular flexibility index (Phi) is 3.74. The fourth-order valence-corrected chi connectivity index (χ4v) is 1.50. The van der Waals surface area contributed by atoms with E-state index in [2.05, 4.69) is 0 Å². The largest absolute Gasteiger partial charge is 0.423 e. The van der Waals surface area contributed by atoms with Crippen molar-refractivity contribution in [2.24, 2.45) is 0 Å². The minimum Gasteiger partial charge on any atom is -0.423 e. The van der Waals surface area contributed by atoms with Crippen LogP contribution in [0, 0.1) is 28.5 Å². The maximum atomic E-state index is 13.4. The highest BCUT2D eigenvalue weighted by Gasteiger charge is 2.10. The topological polar surface area (TPSA) is 73.9 Å². The van der Waals surface area contributed by atoms with Crippen LogP contribution < -0.4 is 4.74 Å². The molecule has 2 rings (SSSR count). The number of nitriles is 2. The minimum atomic E-state index is -0.752. The predicted molar refractivity (Wildman–Crippen MR) is 67.2 cm³/mol. The van der Waals surface area contributed by atoms with Crippen molar-refractivity contribution in [1.29, 1.82) is 10.5 Å². The number of nitrogens with zero attached hydrogens (tertiary/aromatic N) is 2. The van der Waals surface area contributed by atoms with Crippen LogP contribution >= 0.6 is 0 Å². The summed E-state index contributed by atoms with van der Waals surface area (Å²) in [5.41, 5.74) is 0.544. The highest BCUT2D eigenvalue weighted by Crippen LogP contribution is 2.17. The lowest BCUT2D eigenvalue weighted by molar-refractivity contribution is 0.0734. The van der Waals surface area contributed by atoms with Gasteiger partial charge in [-0.2, -0.15) is 10.5 Å². The van der Waals surface area contributed by atoms with Gasteiger partial charge in [-0.25, -0.2) is 9.18 Å². The molecular weight excluding hydrogens is 259 g/mol. The van der Waals surface area contributed by atoms with Crippen molar-refractivity contribution in [2.75, 3.05) is 0 Å². The van der Waals surface area contributed by atoms with Crippen LogP contribution in [0.1, 0.15) is 21.5 Å². The Balaban J connectivity index is 2.17. The lowest BCUT2D eigenvalue weighted by atomic mass is 10.1. The average molecular weight is 266 g/mol. The first-order valence-corrected chi connectivity index (χ1v) is 5.56. The lowest BCUT2D eigenvalue weighted by Crippen LogP contribution is -2.08. The number of esters is 1. The molecule has 0 aromatic heterocycles. The number of ether oxygens (including phenoxy) is 1. The molecule has 0 N–H and O–H groups in total. The first kappa shape index (κ1) is 13.3. The van der Waals surface area contributed by atoms with E-state index in [9.17, 15) is 9.18 Å². The minimum absolute atomic E-state index is 0.0101. The third-order valence-corrected chi connectivity index (χ3v) is 2.52. The normalized spacial score (nSPS) is 9.35. The van der Waals surface area contributed by atoms with Crippen LogP contribution in [-0.2, 0) is 0 Å². The number of carbonyl (C=O) groups is 1. The summed E-state index contributed by atoms with van der Waals surface area (Å²) in [4.78, 5) is 11.8. The lowest BCUT2D eigenvalue weighted by Gasteiger charge is -2.04. The fraction of sp³-hybridized carbons (Fsp3) is 0. The highest BCUT2D eigenvalue weighted by molar-refractivity contribution is 5.91. The molecule has 96 valence electrons. The Morgan fingerprint density at radius 2 is 1.75 bits per heavy atom. The van der Waals surface area contributed by atoms with Crippen LogP contribution in [0.15, 0.2) is 42.5 Å². The summed E-state index contributed by atoms with van der Waals surface area (Å²) >= 11 is 0. The summed E-state index contributed by atoms with van der Waals surface area (Å²) in [6.07, 6.45) is 0. The van der Waals surface area contributed by atoms with E-state index in [0.717, 1.165) is 6.07 Å². The van der Waals surface area contributed by atoms with E-state index >= 15 is 0 Å². The van der Waals surface area contributed by atoms with E-state index in [1.54, 1.807) is 6.07 Å². The molecule has 0 fully saturated rings. The number of hydrogen-bond acceptors (Lipinski definition) is 4. The van der Waals surface area contributed by atoms with Gasteiger partial charge in [-0.3, -0.25) is 0 Å². The zero-order chi connectivity index (χ0) is 14.5. The maximum Gasteiger partial charge on any atom is 0.343 e. The molecule has 0 aliphatic rings. The van der Waals surface area contributed by atoms with Gasteiger partial charge in [-0.15, -0.1) is 0 Å². The highest BCUT2D eigenvalue weighted by atomic mass is 19.1. The summed E-state index contributed by atoms with van der Waals surface area (Å²) in [6.45, 7) is 0. The van der Waals surface area contributed by atoms with Gasteiger partial charge in [-0.1, -0.05) is 0 Å². The molecule has 5 heteroatoms. The molecule has 0 amide bonds. The van der Waals surface area contributed by atoms with Crippen molar-refractivity contribution in [2.45, 2.75) is 0 Å². The molecule has 0 unspecified atom stereocenters. The first-order chi connectivity index (χ1) is 9.63. The number of rotatable bonds is 2. The molecule has 0 heterocycles. The maximum absolute atomic E-state index is 13.4. The molecule has 0 aliphatic carbocycles. The zero-order valence-electron chi connectivity index (χ0n) is 10.1. The van der Waals surface area contributed by atoms with Gasteiger partial charge in [0.1, 0.15) is 17.6 Å². The molecule has 0 aliphatic heterocycles. The summed E-state index contributed by atoms with van der Waals surface area (Å²) in [7, 11) is 0. The standard InChI is InChI=1S/C15H7FN2O2/c16-14-7-13(6-5-12(14)9-18)20-15(19)11-3-1-10(8-17)2-4-11/h1-7H. The first-order valence-electron chi connectivity index (χ1n) is 5.56. The molecule has 0 saturated carbocycles. The van der Waals surface area contributed by atoms with Crippen LogP contribution in [-0.4, -0.2) is 5.97 Å². The summed E-state index contributed by atoms with van der Waals surface area (Å²) in [6, 6.07) is 13.0. The Morgan fingerprint density at radius 1 is 1.05 bits per heavy atom. The van der Waals surface area contributed by atoms with Crippen LogP contribution in [0.4, 0.5) is 4.39 Å². The van der Waals surface area contributed by atoms with Gasteiger partial charge in [0, 0.05) is 6.07 Å². The average Bonchev–Trinajstić information content (AvgIpc) is 2.47. The second kappa shape index (κ2) is 5.64. The van der Waals surface area contributed by atoms with Crippen LogP contribution in [0.3, 0.4) is 0 Å². The van der Waals surface area contributed by atoms with Gasteiger partial charge in [-0.05, 0) is 36.4 Å². The second-order valence-electron chi connectivity index (χ2n) is 3.83. The van der Waals surface area contributed by atoms with E-state index in [0.29, 0.717) is 5.56 Å². The second-order valence-corrected chi connectivity index (χ2v) is 3.83. The van der Waals surface area contributed by atoms with E-state index in [4.69, 9.17) is 15.3 Å². The van der Waals surface area contributed by atoms with Crippen molar-refractivity contribution in [1.82, 2.24) is 0 Å². The van der Waals surface area contributed by atoms with Gasteiger partial charge in [0.05, 0.1) is 22.8 Å². The Morgan fingerprint density at radius 3 is 2.30 bits per heavy atom. The molecule has 2 aromatic carbocycles. The van der Waals surface area contributed by atoms with Crippen molar-refractivity contribution in [3.05, 3.63) is 65.0 Å². The molecule has 0 saturated heterocycles. The van der Waals surface area contributed by atoms with Gasteiger partial charge in [0.25, 0.3) is 0 Å². The van der Waals surface area contributed by atoms with E-state index in [1.807, 2.05) is 6.07 Å². The summed E-state index contributed by atoms with van der Waals surface area (Å²) < 4.78 is 18.3. The zero-order valence-corrected chi connectivity index (χ0v) is 10.1.